The minimum absolute atomic E-state index is 0.0200. The largest absolute Gasteiger partial charge is 0.497 e. The number of nitrogens with zero attached hydrogens (tertiary/aromatic N) is 2. The number of hydrogen-bond donors (Lipinski definition) is 0. The van der Waals surface area contributed by atoms with Crippen molar-refractivity contribution in [3.8, 4) is 5.75 Å². The van der Waals surface area contributed by atoms with Crippen molar-refractivity contribution < 1.29 is 9.66 Å². The van der Waals surface area contributed by atoms with Gasteiger partial charge in [0.2, 0.25) is 0 Å². The van der Waals surface area contributed by atoms with Crippen molar-refractivity contribution in [2.24, 2.45) is 4.99 Å². The lowest BCUT2D eigenvalue weighted by atomic mass is 10.2. The van der Waals surface area contributed by atoms with E-state index in [4.69, 9.17) is 16.3 Å². The number of hydrogen-bond acceptors (Lipinski definition) is 5. The molecule has 0 bridgehead atoms. The van der Waals surface area contributed by atoms with Gasteiger partial charge in [0.25, 0.3) is 5.69 Å². The van der Waals surface area contributed by atoms with Gasteiger partial charge in [-0.25, -0.2) is 0 Å². The summed E-state index contributed by atoms with van der Waals surface area (Å²) in [5, 5.41) is 11.8. The van der Waals surface area contributed by atoms with Gasteiger partial charge in [-0.3, -0.25) is 15.1 Å². The number of methoxy groups -OCH3 is 1. The Hall–Kier alpha value is -2.83. The molecule has 0 aliphatic rings. The van der Waals surface area contributed by atoms with Crippen LogP contribution in [0, 0.1) is 10.1 Å². The molecular weight excluding hydrogens is 384 g/mol. The maximum absolute atomic E-state index is 11.1. The van der Waals surface area contributed by atoms with Crippen molar-refractivity contribution in [3.05, 3.63) is 87.4 Å². The lowest BCUT2D eigenvalue weighted by Gasteiger charge is -2.06. The third-order valence-corrected chi connectivity index (χ3v) is 5.02. The lowest BCUT2D eigenvalue weighted by molar-refractivity contribution is -0.384. The first-order valence-corrected chi connectivity index (χ1v) is 9.14. The minimum Gasteiger partial charge on any atom is -0.497 e. The molecule has 0 unspecified atom stereocenters. The van der Waals surface area contributed by atoms with Gasteiger partial charge in [-0.05, 0) is 54.6 Å². The summed E-state index contributed by atoms with van der Waals surface area (Å²) in [4.78, 5) is 17.0. The molecule has 0 spiro atoms. The first kappa shape index (κ1) is 18.9. The molecule has 3 rings (SSSR count). The van der Waals surface area contributed by atoms with Gasteiger partial charge in [-0.2, -0.15) is 0 Å². The third kappa shape index (κ3) is 5.09. The normalized spacial score (nSPS) is 10.9. The number of aliphatic imine (C=N–C) groups is 1. The molecule has 136 valence electrons. The molecule has 0 saturated carbocycles. The van der Waals surface area contributed by atoms with Crippen LogP contribution in [0.2, 0.25) is 5.02 Å². The number of rotatable bonds is 6. The molecule has 0 fully saturated rings. The van der Waals surface area contributed by atoms with Gasteiger partial charge < -0.3 is 4.74 Å². The topological polar surface area (TPSA) is 64.7 Å². The quantitative estimate of drug-likeness (QED) is 0.283. The number of nitro groups is 1. The number of ether oxygens (including phenoxy) is 1. The Labute approximate surface area is 165 Å². The predicted molar refractivity (Wildman–Crippen MR) is 109 cm³/mol. The molecule has 0 N–H and O–H groups in total. The Balaban J connectivity index is 1.92. The predicted octanol–water partition coefficient (Wildman–Crippen LogP) is 6.16. The highest BCUT2D eigenvalue weighted by Crippen LogP contribution is 2.33. The molecule has 3 aromatic rings. The van der Waals surface area contributed by atoms with Crippen LogP contribution in [0.15, 0.2) is 81.5 Å². The van der Waals surface area contributed by atoms with Gasteiger partial charge in [-0.15, -0.1) is 0 Å². The SMILES string of the molecule is COc1ccc(N=Cc2cc([N+](=O)[O-])ccc2Sc2ccc(Cl)cc2)cc1. The van der Waals surface area contributed by atoms with E-state index in [2.05, 4.69) is 4.99 Å². The van der Waals surface area contributed by atoms with Crippen LogP contribution in [-0.2, 0) is 0 Å². The van der Waals surface area contributed by atoms with Crippen LogP contribution in [0.25, 0.3) is 0 Å². The average molecular weight is 399 g/mol. The van der Waals surface area contributed by atoms with Crippen LogP contribution < -0.4 is 4.74 Å². The van der Waals surface area contributed by atoms with E-state index in [0.29, 0.717) is 10.6 Å². The lowest BCUT2D eigenvalue weighted by Crippen LogP contribution is -1.92. The molecule has 7 heteroatoms. The monoisotopic (exact) mass is 398 g/mol. The number of halogens is 1. The molecule has 5 nitrogen and oxygen atoms in total. The summed E-state index contributed by atoms with van der Waals surface area (Å²) in [6.07, 6.45) is 1.63. The Morgan fingerprint density at radius 2 is 1.78 bits per heavy atom. The zero-order valence-electron chi connectivity index (χ0n) is 14.3. The van der Waals surface area contributed by atoms with E-state index >= 15 is 0 Å². The van der Waals surface area contributed by atoms with Gasteiger partial charge in [-0.1, -0.05) is 23.4 Å². The molecule has 0 amide bonds. The van der Waals surface area contributed by atoms with Gasteiger partial charge in [0.15, 0.2) is 0 Å². The maximum Gasteiger partial charge on any atom is 0.270 e. The number of nitro benzene ring substituents is 1. The van der Waals surface area contributed by atoms with Gasteiger partial charge >= 0.3 is 0 Å². The maximum atomic E-state index is 11.1. The summed E-state index contributed by atoms with van der Waals surface area (Å²) in [7, 11) is 1.60. The molecular formula is C20H15ClN2O3S. The van der Waals surface area contributed by atoms with Crippen molar-refractivity contribution >= 4 is 41.0 Å². The van der Waals surface area contributed by atoms with Crippen LogP contribution in [-0.4, -0.2) is 18.2 Å². The highest BCUT2D eigenvalue weighted by atomic mass is 35.5. The fourth-order valence-electron chi connectivity index (χ4n) is 2.29. The summed E-state index contributed by atoms with van der Waals surface area (Å²) in [6, 6.07) is 19.4. The van der Waals surface area contributed by atoms with E-state index in [0.717, 1.165) is 21.2 Å². The second-order valence-corrected chi connectivity index (χ2v) is 7.04. The fourth-order valence-corrected chi connectivity index (χ4v) is 3.30. The Kier molecular flexibility index (Phi) is 6.11. The second kappa shape index (κ2) is 8.70. The highest BCUT2D eigenvalue weighted by molar-refractivity contribution is 7.99. The van der Waals surface area contributed by atoms with E-state index in [1.54, 1.807) is 31.5 Å². The molecule has 27 heavy (non-hydrogen) atoms. The van der Waals surface area contributed by atoms with Crippen LogP contribution in [0.4, 0.5) is 11.4 Å². The van der Waals surface area contributed by atoms with Gasteiger partial charge in [0, 0.05) is 38.7 Å². The van der Waals surface area contributed by atoms with Crippen molar-refractivity contribution in [2.75, 3.05) is 7.11 Å². The first-order chi connectivity index (χ1) is 13.0. The summed E-state index contributed by atoms with van der Waals surface area (Å²) < 4.78 is 5.13. The van der Waals surface area contributed by atoms with Crippen LogP contribution in [0.1, 0.15) is 5.56 Å². The number of non-ortho nitro benzene ring substituents is 1. The zero-order valence-corrected chi connectivity index (χ0v) is 15.9. The van der Waals surface area contributed by atoms with Crippen molar-refractivity contribution in [2.45, 2.75) is 9.79 Å². The number of benzene rings is 3. The summed E-state index contributed by atoms with van der Waals surface area (Å²) >= 11 is 7.42. The molecule has 0 aliphatic carbocycles. The van der Waals surface area contributed by atoms with Gasteiger partial charge in [0.1, 0.15) is 5.75 Å². The van der Waals surface area contributed by atoms with E-state index in [9.17, 15) is 10.1 Å². The smallest absolute Gasteiger partial charge is 0.270 e. The van der Waals surface area contributed by atoms with Crippen molar-refractivity contribution in [3.63, 3.8) is 0 Å². The standard InChI is InChI=1S/C20H15ClN2O3S/c1-26-18-7-4-16(5-8-18)22-13-14-12-17(23(24)25)6-11-20(14)27-19-9-2-15(21)3-10-19/h2-13H,1H3. The summed E-state index contributed by atoms with van der Waals surface area (Å²) in [5.74, 6) is 0.739. The molecule has 0 heterocycles. The second-order valence-electron chi connectivity index (χ2n) is 5.49. The van der Waals surface area contributed by atoms with Crippen LogP contribution in [0.5, 0.6) is 5.75 Å². The van der Waals surface area contributed by atoms with Gasteiger partial charge in [0.05, 0.1) is 17.7 Å². The molecule has 0 saturated heterocycles. The summed E-state index contributed by atoms with van der Waals surface area (Å²) in [5.41, 5.74) is 1.41. The van der Waals surface area contributed by atoms with E-state index in [1.807, 2.05) is 36.4 Å². The summed E-state index contributed by atoms with van der Waals surface area (Å²) in [6.45, 7) is 0. The first-order valence-electron chi connectivity index (χ1n) is 7.95. The van der Waals surface area contributed by atoms with E-state index in [1.165, 1.54) is 23.9 Å². The van der Waals surface area contributed by atoms with Crippen molar-refractivity contribution in [1.29, 1.82) is 0 Å². The Bertz CT molecular complexity index is 974. The van der Waals surface area contributed by atoms with Crippen molar-refractivity contribution in [1.82, 2.24) is 0 Å². The molecule has 0 aromatic heterocycles. The molecule has 0 atom stereocenters. The molecule has 0 aliphatic heterocycles. The van der Waals surface area contributed by atoms with Crippen LogP contribution in [0.3, 0.4) is 0 Å². The molecule has 0 radical (unpaired) electrons. The van der Waals surface area contributed by atoms with Crippen LogP contribution >= 0.6 is 23.4 Å². The third-order valence-electron chi connectivity index (χ3n) is 3.67. The van der Waals surface area contributed by atoms with E-state index < -0.39 is 4.92 Å². The Morgan fingerprint density at radius 3 is 2.41 bits per heavy atom. The zero-order chi connectivity index (χ0) is 19.2. The fraction of sp³-hybridized carbons (Fsp3) is 0.0500. The highest BCUT2D eigenvalue weighted by Gasteiger charge is 2.11. The average Bonchev–Trinajstić information content (AvgIpc) is 2.69. The minimum atomic E-state index is -0.415. The molecule has 3 aromatic carbocycles. The Morgan fingerprint density at radius 1 is 1.07 bits per heavy atom. The van der Waals surface area contributed by atoms with E-state index in [-0.39, 0.29) is 5.69 Å².